The maximum absolute atomic E-state index is 12.1. The van der Waals surface area contributed by atoms with E-state index in [0.717, 1.165) is 38.0 Å². The van der Waals surface area contributed by atoms with Crippen molar-refractivity contribution in [2.45, 2.75) is 82.0 Å². The molecule has 2 amide bonds. The fourth-order valence-corrected chi connectivity index (χ4v) is 4.97. The number of amides is 2. The van der Waals surface area contributed by atoms with Crippen molar-refractivity contribution >= 4 is 15.9 Å². The van der Waals surface area contributed by atoms with Crippen LogP contribution >= 0.6 is 0 Å². The molecule has 0 aromatic rings. The van der Waals surface area contributed by atoms with Crippen LogP contribution in [0.25, 0.3) is 0 Å². The Morgan fingerprint density at radius 1 is 1.00 bits per heavy atom. The van der Waals surface area contributed by atoms with Crippen LogP contribution in [-0.2, 0) is 9.84 Å². The molecule has 2 aliphatic rings. The van der Waals surface area contributed by atoms with Crippen LogP contribution in [0.2, 0.25) is 0 Å². The molecule has 22 heavy (non-hydrogen) atoms. The Morgan fingerprint density at radius 2 is 1.64 bits per heavy atom. The van der Waals surface area contributed by atoms with Crippen LogP contribution in [0.3, 0.4) is 0 Å². The van der Waals surface area contributed by atoms with Crippen LogP contribution < -0.4 is 10.6 Å². The van der Waals surface area contributed by atoms with Crippen LogP contribution in [0.15, 0.2) is 0 Å². The van der Waals surface area contributed by atoms with Crippen LogP contribution in [-0.4, -0.2) is 38.0 Å². The summed E-state index contributed by atoms with van der Waals surface area (Å²) >= 11 is 0. The molecule has 0 aliphatic heterocycles. The lowest BCUT2D eigenvalue weighted by Crippen LogP contribution is -2.49. The summed E-state index contributed by atoms with van der Waals surface area (Å²) in [5, 5.41) is 5.74. The topological polar surface area (TPSA) is 75.3 Å². The van der Waals surface area contributed by atoms with E-state index in [1.165, 1.54) is 25.5 Å². The largest absolute Gasteiger partial charge is 0.335 e. The minimum absolute atomic E-state index is 0.0135. The number of hydrogen-bond donors (Lipinski definition) is 2. The highest BCUT2D eigenvalue weighted by Gasteiger charge is 2.30. The van der Waals surface area contributed by atoms with Crippen LogP contribution in [0.1, 0.15) is 64.7 Å². The molecular weight excluding hydrogens is 300 g/mol. The molecule has 2 rings (SSSR count). The van der Waals surface area contributed by atoms with Gasteiger partial charge in [0.1, 0.15) is 9.84 Å². The van der Waals surface area contributed by atoms with Gasteiger partial charge in [0.2, 0.25) is 0 Å². The molecule has 128 valence electrons. The summed E-state index contributed by atoms with van der Waals surface area (Å²) in [7, 11) is -3.00. The number of carbonyl (C=O) groups excluding carboxylic acids is 1. The summed E-state index contributed by atoms with van der Waals surface area (Å²) < 4.78 is 23.3. The fourth-order valence-electron chi connectivity index (χ4n) is 3.79. The van der Waals surface area contributed by atoms with Crippen LogP contribution in [0, 0.1) is 5.92 Å². The van der Waals surface area contributed by atoms with Crippen molar-refractivity contribution in [2.75, 3.05) is 6.26 Å². The first-order valence-corrected chi connectivity index (χ1v) is 10.6. The maximum atomic E-state index is 12.1. The lowest BCUT2D eigenvalue weighted by atomic mass is 9.84. The number of urea groups is 1. The van der Waals surface area contributed by atoms with Gasteiger partial charge in [-0.3, -0.25) is 0 Å². The van der Waals surface area contributed by atoms with Crippen molar-refractivity contribution in [3.63, 3.8) is 0 Å². The Bertz CT molecular complexity index is 470. The molecule has 2 N–H and O–H groups in total. The number of nitrogens with one attached hydrogen (secondary N) is 2. The molecule has 2 atom stereocenters. The van der Waals surface area contributed by atoms with Crippen molar-refractivity contribution in [3.05, 3.63) is 0 Å². The Morgan fingerprint density at radius 3 is 2.23 bits per heavy atom. The second-order valence-corrected chi connectivity index (χ2v) is 9.38. The van der Waals surface area contributed by atoms with E-state index in [-0.39, 0.29) is 23.4 Å². The van der Waals surface area contributed by atoms with E-state index < -0.39 is 9.84 Å². The Hall–Kier alpha value is -0.780. The average molecular weight is 330 g/mol. The van der Waals surface area contributed by atoms with Gasteiger partial charge in [-0.1, -0.05) is 19.8 Å². The van der Waals surface area contributed by atoms with Gasteiger partial charge in [-0.25, -0.2) is 13.2 Å². The van der Waals surface area contributed by atoms with Gasteiger partial charge in [0.25, 0.3) is 0 Å². The molecule has 6 heteroatoms. The summed E-state index contributed by atoms with van der Waals surface area (Å²) in [5.74, 6) is 0.815. The standard InChI is InChI=1S/C16H30N2O3S/c1-3-12-7-9-13(10-8-12)17-16(19)18-14-5-4-6-15(11-14)22(2,20)21/h12-15H,3-11H2,1-2H3,(H2,17,18,19). The van der Waals surface area contributed by atoms with Crippen molar-refractivity contribution in [1.82, 2.24) is 10.6 Å². The molecule has 2 aliphatic carbocycles. The van der Waals surface area contributed by atoms with Gasteiger partial charge < -0.3 is 10.6 Å². The first kappa shape index (κ1) is 17.6. The zero-order valence-electron chi connectivity index (χ0n) is 13.8. The molecule has 0 radical (unpaired) electrons. The van der Waals surface area contributed by atoms with E-state index >= 15 is 0 Å². The van der Waals surface area contributed by atoms with E-state index in [1.54, 1.807) is 0 Å². The summed E-state index contributed by atoms with van der Waals surface area (Å²) in [6.07, 6.45) is 10.0. The zero-order chi connectivity index (χ0) is 16.2. The smallest absolute Gasteiger partial charge is 0.315 e. The second kappa shape index (κ2) is 7.66. The predicted octanol–water partition coefficient (Wildman–Crippen LogP) is 2.61. The van der Waals surface area contributed by atoms with E-state index in [1.807, 2.05) is 0 Å². The Balaban J connectivity index is 1.75. The summed E-state index contributed by atoms with van der Waals surface area (Å²) in [6, 6.07) is 0.136. The third-order valence-electron chi connectivity index (χ3n) is 5.33. The van der Waals surface area contributed by atoms with Gasteiger partial charge in [0.05, 0.1) is 5.25 Å². The minimum Gasteiger partial charge on any atom is -0.335 e. The SMILES string of the molecule is CCC1CCC(NC(=O)NC2CCCC(S(C)(=O)=O)C2)CC1. The van der Waals surface area contributed by atoms with Gasteiger partial charge in [-0.15, -0.1) is 0 Å². The highest BCUT2D eigenvalue weighted by atomic mass is 32.2. The molecule has 0 aromatic heterocycles. The minimum atomic E-state index is -3.00. The molecule has 0 bridgehead atoms. The molecule has 0 heterocycles. The average Bonchev–Trinajstić information content (AvgIpc) is 2.47. The number of carbonyl (C=O) groups is 1. The Kier molecular flexibility index (Phi) is 6.12. The van der Waals surface area contributed by atoms with Gasteiger partial charge >= 0.3 is 6.03 Å². The lowest BCUT2D eigenvalue weighted by molar-refractivity contribution is 0.219. The highest BCUT2D eigenvalue weighted by Crippen LogP contribution is 2.27. The van der Waals surface area contributed by atoms with Gasteiger partial charge in [0.15, 0.2) is 0 Å². The number of rotatable bonds is 4. The summed E-state index contributed by atoms with van der Waals surface area (Å²) in [4.78, 5) is 12.1. The zero-order valence-corrected chi connectivity index (χ0v) is 14.6. The summed E-state index contributed by atoms with van der Waals surface area (Å²) in [6.45, 7) is 2.23. The first-order chi connectivity index (χ1) is 10.4. The Labute approximate surface area is 134 Å². The van der Waals surface area contributed by atoms with Crippen molar-refractivity contribution in [3.8, 4) is 0 Å². The van der Waals surface area contributed by atoms with Crippen LogP contribution in [0.5, 0.6) is 0 Å². The first-order valence-electron chi connectivity index (χ1n) is 8.64. The second-order valence-electron chi connectivity index (χ2n) is 7.06. The third kappa shape index (κ3) is 5.14. The molecule has 2 saturated carbocycles. The number of hydrogen-bond acceptors (Lipinski definition) is 3. The van der Waals surface area contributed by atoms with E-state index in [2.05, 4.69) is 17.6 Å². The van der Waals surface area contributed by atoms with Gasteiger partial charge in [0, 0.05) is 18.3 Å². The normalized spacial score (nSPS) is 33.2. The van der Waals surface area contributed by atoms with E-state index in [4.69, 9.17) is 0 Å². The molecule has 0 aromatic carbocycles. The molecule has 2 fully saturated rings. The third-order valence-corrected chi connectivity index (χ3v) is 6.97. The van der Waals surface area contributed by atoms with Crippen molar-refractivity contribution in [2.24, 2.45) is 5.92 Å². The highest BCUT2D eigenvalue weighted by molar-refractivity contribution is 7.91. The molecule has 2 unspecified atom stereocenters. The van der Waals surface area contributed by atoms with Gasteiger partial charge in [-0.2, -0.15) is 0 Å². The monoisotopic (exact) mass is 330 g/mol. The quantitative estimate of drug-likeness (QED) is 0.832. The molecular formula is C16H30N2O3S. The summed E-state index contributed by atoms with van der Waals surface area (Å²) in [5.41, 5.74) is 0. The molecule has 5 nitrogen and oxygen atoms in total. The number of sulfone groups is 1. The van der Waals surface area contributed by atoms with Crippen LogP contribution in [0.4, 0.5) is 4.79 Å². The van der Waals surface area contributed by atoms with Gasteiger partial charge in [-0.05, 0) is 50.9 Å². The van der Waals surface area contributed by atoms with Crippen molar-refractivity contribution < 1.29 is 13.2 Å². The van der Waals surface area contributed by atoms with E-state index in [0.29, 0.717) is 6.42 Å². The van der Waals surface area contributed by atoms with E-state index in [9.17, 15) is 13.2 Å². The fraction of sp³-hybridized carbons (Fsp3) is 0.938. The predicted molar refractivity (Wildman–Crippen MR) is 88.6 cm³/mol. The maximum Gasteiger partial charge on any atom is 0.315 e. The lowest BCUT2D eigenvalue weighted by Gasteiger charge is -2.31. The molecule has 0 saturated heterocycles. The molecule has 0 spiro atoms. The van der Waals surface area contributed by atoms with Crippen molar-refractivity contribution in [1.29, 1.82) is 0 Å².